The zero-order chi connectivity index (χ0) is 24.7. The van der Waals surface area contributed by atoms with Crippen LogP contribution in [0.15, 0.2) is 24.3 Å². The molecule has 3 aliphatic rings. The van der Waals surface area contributed by atoms with Crippen LogP contribution in [0.4, 0.5) is 9.80 Å². The highest BCUT2D eigenvalue weighted by atomic mass is 32.1. The first kappa shape index (κ1) is 23.5. The first-order valence-corrected chi connectivity index (χ1v) is 13.0. The Labute approximate surface area is 208 Å². The highest BCUT2D eigenvalue weighted by Gasteiger charge is 2.54. The van der Waals surface area contributed by atoms with E-state index in [4.69, 9.17) is 4.74 Å². The van der Waals surface area contributed by atoms with Gasteiger partial charge in [-0.25, -0.2) is 9.59 Å². The van der Waals surface area contributed by atoms with Crippen molar-refractivity contribution in [3.8, 4) is 0 Å². The number of ether oxygens (including phenoxy) is 1. The van der Waals surface area contributed by atoms with E-state index in [9.17, 15) is 19.2 Å². The zero-order valence-corrected chi connectivity index (χ0v) is 20.8. The molecule has 8 nitrogen and oxygen atoms in total. The van der Waals surface area contributed by atoms with Gasteiger partial charge < -0.3 is 15.4 Å². The third-order valence-corrected chi connectivity index (χ3v) is 8.37. The molecule has 1 fully saturated rings. The smallest absolute Gasteiger partial charge is 0.341 e. The number of carbonyl (C=O) groups excluding carboxylic acids is 4. The van der Waals surface area contributed by atoms with Crippen molar-refractivity contribution in [2.24, 2.45) is 5.92 Å². The number of nitrogens with one attached hydrogen (secondary N) is 2. The highest BCUT2D eigenvalue weighted by Crippen LogP contribution is 2.41. The number of hydrogen-bond acceptors (Lipinski definition) is 6. The second kappa shape index (κ2) is 9.11. The third-order valence-electron chi connectivity index (χ3n) is 7.20. The molecule has 35 heavy (non-hydrogen) atoms. The van der Waals surface area contributed by atoms with Crippen LogP contribution in [0.25, 0.3) is 0 Å². The van der Waals surface area contributed by atoms with Crippen LogP contribution in [0.2, 0.25) is 0 Å². The number of nitrogens with zero attached hydrogens (tertiary/aromatic N) is 1. The lowest BCUT2D eigenvalue weighted by Gasteiger charge is -2.33. The number of urea groups is 1. The number of thiophene rings is 1. The van der Waals surface area contributed by atoms with E-state index in [-0.39, 0.29) is 6.61 Å². The second-order valence-electron chi connectivity index (χ2n) is 9.56. The van der Waals surface area contributed by atoms with Gasteiger partial charge >= 0.3 is 12.0 Å². The van der Waals surface area contributed by atoms with E-state index < -0.39 is 35.9 Å². The van der Waals surface area contributed by atoms with E-state index in [0.29, 0.717) is 22.9 Å². The summed E-state index contributed by atoms with van der Waals surface area (Å²) in [6, 6.07) is 7.05. The number of anilines is 1. The summed E-state index contributed by atoms with van der Waals surface area (Å²) in [4.78, 5) is 54.2. The minimum absolute atomic E-state index is 0.235. The molecule has 1 aromatic carbocycles. The fourth-order valence-corrected chi connectivity index (χ4v) is 6.94. The summed E-state index contributed by atoms with van der Waals surface area (Å²) in [5, 5.41) is 6.10. The van der Waals surface area contributed by atoms with Gasteiger partial charge in [0.25, 0.3) is 5.91 Å². The van der Waals surface area contributed by atoms with Crippen molar-refractivity contribution in [1.29, 1.82) is 0 Å². The van der Waals surface area contributed by atoms with E-state index in [1.54, 1.807) is 6.92 Å². The number of carbonyl (C=O) groups is 4. The summed E-state index contributed by atoms with van der Waals surface area (Å²) >= 11 is 1.38. The molecule has 0 saturated carbocycles. The molecular weight excluding hydrogens is 466 g/mol. The van der Waals surface area contributed by atoms with Crippen molar-refractivity contribution in [2.75, 3.05) is 18.5 Å². The van der Waals surface area contributed by atoms with Crippen LogP contribution in [0, 0.1) is 5.92 Å². The first-order valence-electron chi connectivity index (χ1n) is 12.2. The van der Waals surface area contributed by atoms with Crippen molar-refractivity contribution < 1.29 is 23.9 Å². The molecule has 1 spiro atoms. The molecule has 2 aliphatic carbocycles. The van der Waals surface area contributed by atoms with Gasteiger partial charge in [-0.1, -0.05) is 31.2 Å². The standard InChI is InChI=1S/C26H29N3O5S/c1-3-34-23(31)21-17-11-10-15(2)13-19(17)35-22(21)27-20(30)14-29-24(32)26(28-25(29)33)12-6-8-16-7-4-5-9-18(16)26/h4-5,7,9,15H,3,6,8,10-14H2,1-2H3,(H,27,30)(H,28,33). The average molecular weight is 496 g/mol. The first-order chi connectivity index (χ1) is 16.8. The molecule has 2 unspecified atom stereocenters. The van der Waals surface area contributed by atoms with E-state index in [2.05, 4.69) is 17.6 Å². The van der Waals surface area contributed by atoms with Crippen molar-refractivity contribution in [2.45, 2.75) is 57.9 Å². The summed E-state index contributed by atoms with van der Waals surface area (Å²) in [7, 11) is 0. The average Bonchev–Trinajstić information content (AvgIpc) is 3.29. The topological polar surface area (TPSA) is 105 Å². The minimum Gasteiger partial charge on any atom is -0.462 e. The summed E-state index contributed by atoms with van der Waals surface area (Å²) in [6.07, 6.45) is 4.68. The third kappa shape index (κ3) is 4.01. The van der Waals surface area contributed by atoms with E-state index in [1.807, 2.05) is 24.3 Å². The largest absolute Gasteiger partial charge is 0.462 e. The Morgan fingerprint density at radius 2 is 2.06 bits per heavy atom. The van der Waals surface area contributed by atoms with Gasteiger partial charge in [0, 0.05) is 4.88 Å². The van der Waals surface area contributed by atoms with Gasteiger partial charge in [0.15, 0.2) is 0 Å². The zero-order valence-electron chi connectivity index (χ0n) is 19.9. The normalized spacial score (nSPS) is 23.0. The Kier molecular flexibility index (Phi) is 6.13. The molecule has 184 valence electrons. The van der Waals surface area contributed by atoms with Crippen LogP contribution >= 0.6 is 11.3 Å². The van der Waals surface area contributed by atoms with Gasteiger partial charge in [0.05, 0.1) is 12.2 Å². The van der Waals surface area contributed by atoms with Crippen LogP contribution in [-0.4, -0.2) is 41.9 Å². The molecule has 1 saturated heterocycles. The van der Waals surface area contributed by atoms with Crippen molar-refractivity contribution in [3.63, 3.8) is 0 Å². The van der Waals surface area contributed by atoms with Crippen molar-refractivity contribution in [1.82, 2.24) is 10.2 Å². The Morgan fingerprint density at radius 3 is 2.86 bits per heavy atom. The van der Waals surface area contributed by atoms with Gasteiger partial charge in [-0.15, -0.1) is 11.3 Å². The van der Waals surface area contributed by atoms with Gasteiger partial charge in [0.1, 0.15) is 17.1 Å². The Bertz CT molecular complexity index is 1220. The van der Waals surface area contributed by atoms with Gasteiger partial charge in [-0.3, -0.25) is 14.5 Å². The maximum Gasteiger partial charge on any atom is 0.341 e. The number of benzene rings is 1. The maximum atomic E-state index is 13.5. The molecule has 5 rings (SSSR count). The lowest BCUT2D eigenvalue weighted by molar-refractivity contribution is -0.134. The number of hydrogen-bond donors (Lipinski definition) is 2. The highest BCUT2D eigenvalue weighted by molar-refractivity contribution is 7.17. The number of esters is 1. The molecule has 2 heterocycles. The summed E-state index contributed by atoms with van der Waals surface area (Å²) < 4.78 is 5.27. The fraction of sp³-hybridized carbons (Fsp3) is 0.462. The monoisotopic (exact) mass is 495 g/mol. The molecule has 0 radical (unpaired) electrons. The van der Waals surface area contributed by atoms with Crippen LogP contribution < -0.4 is 10.6 Å². The lowest BCUT2D eigenvalue weighted by atomic mass is 9.76. The maximum absolute atomic E-state index is 13.5. The van der Waals surface area contributed by atoms with E-state index >= 15 is 0 Å². The summed E-state index contributed by atoms with van der Waals surface area (Å²) in [5.74, 6) is -0.885. The molecule has 2 atom stereocenters. The molecule has 2 N–H and O–H groups in total. The number of fused-ring (bicyclic) bond motifs is 3. The molecule has 1 aromatic heterocycles. The van der Waals surface area contributed by atoms with E-state index in [0.717, 1.165) is 58.6 Å². The summed E-state index contributed by atoms with van der Waals surface area (Å²) in [6.45, 7) is 3.73. The Hall–Kier alpha value is -3.20. The number of imide groups is 1. The van der Waals surface area contributed by atoms with Crippen LogP contribution in [0.3, 0.4) is 0 Å². The minimum atomic E-state index is -1.12. The second-order valence-corrected chi connectivity index (χ2v) is 10.7. The molecule has 0 bridgehead atoms. The molecule has 4 amide bonds. The van der Waals surface area contributed by atoms with Gasteiger partial charge in [0.2, 0.25) is 5.91 Å². The van der Waals surface area contributed by atoms with Crippen LogP contribution in [0.1, 0.15) is 65.0 Å². The van der Waals surface area contributed by atoms with Crippen molar-refractivity contribution in [3.05, 3.63) is 51.4 Å². The predicted molar refractivity (Wildman–Crippen MR) is 131 cm³/mol. The SMILES string of the molecule is CCOC(=O)c1c(NC(=O)CN2C(=O)NC3(CCCc4ccccc43)C2=O)sc2c1CCC(C)C2. The lowest BCUT2D eigenvalue weighted by Crippen LogP contribution is -2.47. The van der Waals surface area contributed by atoms with Gasteiger partial charge in [-0.2, -0.15) is 0 Å². The van der Waals surface area contributed by atoms with Crippen LogP contribution in [-0.2, 0) is 39.1 Å². The van der Waals surface area contributed by atoms with E-state index in [1.165, 1.54) is 11.3 Å². The predicted octanol–water partition coefficient (Wildman–Crippen LogP) is 3.77. The molecule has 2 aromatic rings. The molecular formula is C26H29N3O5S. The Balaban J connectivity index is 1.38. The molecule has 1 aliphatic heterocycles. The molecule has 9 heteroatoms. The number of rotatable bonds is 5. The fourth-order valence-electron chi connectivity index (χ4n) is 5.52. The Morgan fingerprint density at radius 1 is 1.26 bits per heavy atom. The van der Waals surface area contributed by atoms with Gasteiger partial charge in [-0.05, 0) is 68.1 Å². The number of amides is 4. The quantitative estimate of drug-likeness (QED) is 0.485. The van der Waals surface area contributed by atoms with Crippen molar-refractivity contribution >= 4 is 40.2 Å². The van der Waals surface area contributed by atoms with Crippen LogP contribution in [0.5, 0.6) is 0 Å². The summed E-state index contributed by atoms with van der Waals surface area (Å²) in [5.41, 5.74) is 2.06. The number of aryl methyl sites for hydroxylation is 1.